The number of carbonyl (C=O) groups excluding carboxylic acids is 1. The van der Waals surface area contributed by atoms with Crippen molar-refractivity contribution in [1.82, 2.24) is 20.1 Å². The lowest BCUT2D eigenvalue weighted by atomic mass is 10.0. The van der Waals surface area contributed by atoms with Gasteiger partial charge in [-0.1, -0.05) is 19.1 Å². The van der Waals surface area contributed by atoms with Crippen molar-refractivity contribution < 1.29 is 23.5 Å². The number of pyridine rings is 1. The molecule has 27 heavy (non-hydrogen) atoms. The number of rotatable bonds is 2. The molecular formula is C17H17F2N5O3. The van der Waals surface area contributed by atoms with E-state index in [0.29, 0.717) is 15.9 Å². The minimum absolute atomic E-state index is 0.0211. The lowest BCUT2D eigenvalue weighted by molar-refractivity contribution is -0.118. The molecule has 3 N–H and O–H groups in total. The molecule has 0 saturated heterocycles. The van der Waals surface area contributed by atoms with Gasteiger partial charge in [0.05, 0.1) is 35.2 Å². The Morgan fingerprint density at radius 1 is 1.48 bits per heavy atom. The second-order valence-corrected chi connectivity index (χ2v) is 6.04. The molecule has 0 unspecified atom stereocenters. The second-order valence-electron chi connectivity index (χ2n) is 6.04. The molecular weight excluding hydrogens is 360 g/mol. The fourth-order valence-corrected chi connectivity index (χ4v) is 2.83. The first-order valence-corrected chi connectivity index (χ1v) is 8.15. The van der Waals surface area contributed by atoms with Gasteiger partial charge in [-0.25, -0.2) is 9.48 Å². The summed E-state index contributed by atoms with van der Waals surface area (Å²) in [4.78, 5) is 27.6. The number of fused-ring (bicyclic) bond motifs is 4. The van der Waals surface area contributed by atoms with Crippen LogP contribution in [0.2, 0.25) is 0 Å². The summed E-state index contributed by atoms with van der Waals surface area (Å²) in [5.74, 6) is -0.942. The van der Waals surface area contributed by atoms with E-state index < -0.39 is 24.6 Å². The maximum absolute atomic E-state index is 13.4. The Morgan fingerprint density at radius 3 is 2.96 bits per heavy atom. The van der Waals surface area contributed by atoms with Gasteiger partial charge in [-0.05, 0) is 18.6 Å². The zero-order valence-electron chi connectivity index (χ0n) is 14.3. The van der Waals surface area contributed by atoms with Crippen molar-refractivity contribution in [2.45, 2.75) is 25.9 Å². The van der Waals surface area contributed by atoms with Gasteiger partial charge < -0.3 is 15.7 Å². The van der Waals surface area contributed by atoms with Gasteiger partial charge in [-0.15, -0.1) is 0 Å². The molecule has 142 valence electrons. The third kappa shape index (κ3) is 3.94. The molecule has 2 atom stereocenters. The van der Waals surface area contributed by atoms with E-state index in [1.807, 2.05) is 0 Å². The van der Waals surface area contributed by atoms with Crippen molar-refractivity contribution in [3.05, 3.63) is 42.4 Å². The number of nitrogens with one attached hydrogen (secondary N) is 2. The molecule has 1 aliphatic heterocycles. The van der Waals surface area contributed by atoms with Crippen molar-refractivity contribution in [3.63, 3.8) is 0 Å². The number of amides is 2. The summed E-state index contributed by atoms with van der Waals surface area (Å²) in [7, 11) is 0. The molecule has 3 rings (SSSR count). The Labute approximate surface area is 152 Å². The monoisotopic (exact) mass is 377 g/mol. The highest BCUT2D eigenvalue weighted by Gasteiger charge is 2.24. The smallest absolute Gasteiger partial charge is 0.405 e. The minimum Gasteiger partial charge on any atom is -0.465 e. The zero-order valence-corrected chi connectivity index (χ0v) is 14.3. The van der Waals surface area contributed by atoms with Gasteiger partial charge in [-0.3, -0.25) is 9.78 Å². The van der Waals surface area contributed by atoms with Crippen LogP contribution in [0.4, 0.5) is 19.3 Å². The van der Waals surface area contributed by atoms with Crippen LogP contribution in [0.5, 0.6) is 0 Å². The number of aromatic nitrogens is 3. The molecule has 2 amide bonds. The molecule has 0 saturated carbocycles. The summed E-state index contributed by atoms with van der Waals surface area (Å²) in [5.41, 5.74) is 0.864. The van der Waals surface area contributed by atoms with Crippen LogP contribution < -0.4 is 10.6 Å². The van der Waals surface area contributed by atoms with Crippen molar-refractivity contribution in [3.8, 4) is 11.3 Å². The summed E-state index contributed by atoms with van der Waals surface area (Å²) < 4.78 is 27.3. The maximum Gasteiger partial charge on any atom is 0.405 e. The Morgan fingerprint density at radius 2 is 2.26 bits per heavy atom. The summed E-state index contributed by atoms with van der Waals surface area (Å²) in [5, 5.41) is 17.7. The van der Waals surface area contributed by atoms with Crippen LogP contribution in [0, 0.1) is 5.92 Å². The van der Waals surface area contributed by atoms with Gasteiger partial charge >= 0.3 is 12.6 Å². The first-order chi connectivity index (χ1) is 12.9. The standard InChI is InChI=1S/C17H17F2N5O3/c1-9-3-2-4-11(23-17(26)27)12-7-10(5-6-20-12)14-13(22-15(9)25)8-21-24(14)16(18)19/h2-3,5-9,11,16,23H,4H2,1H3,(H,22,25)(H,26,27)/t9-,11+/m1/s1. The lowest BCUT2D eigenvalue weighted by Crippen LogP contribution is -2.27. The number of hydrogen-bond acceptors (Lipinski definition) is 4. The van der Waals surface area contributed by atoms with Crippen molar-refractivity contribution in [2.75, 3.05) is 5.32 Å². The average Bonchev–Trinajstić information content (AvgIpc) is 3.03. The molecule has 3 heterocycles. The molecule has 10 heteroatoms. The van der Waals surface area contributed by atoms with E-state index in [1.54, 1.807) is 19.1 Å². The maximum atomic E-state index is 13.4. The van der Waals surface area contributed by atoms with E-state index in [4.69, 9.17) is 5.11 Å². The van der Waals surface area contributed by atoms with E-state index in [9.17, 15) is 18.4 Å². The summed E-state index contributed by atoms with van der Waals surface area (Å²) in [6, 6.07) is 2.31. The normalized spacial score (nSPS) is 19.6. The Hall–Kier alpha value is -3.30. The number of alkyl halides is 2. The van der Waals surface area contributed by atoms with Crippen LogP contribution in [-0.4, -0.2) is 31.9 Å². The van der Waals surface area contributed by atoms with Crippen molar-refractivity contribution >= 4 is 17.7 Å². The molecule has 1 aliphatic rings. The van der Waals surface area contributed by atoms with Gasteiger partial charge in [0.1, 0.15) is 0 Å². The van der Waals surface area contributed by atoms with Crippen LogP contribution >= 0.6 is 0 Å². The molecule has 2 aromatic heterocycles. The predicted octanol–water partition coefficient (Wildman–Crippen LogP) is 3.18. The number of hydrogen-bond donors (Lipinski definition) is 3. The number of carboxylic acid groups (broad SMARTS) is 1. The quantitative estimate of drug-likeness (QED) is 0.697. The van der Waals surface area contributed by atoms with Crippen molar-refractivity contribution in [1.29, 1.82) is 0 Å². The third-order valence-electron chi connectivity index (χ3n) is 4.16. The lowest BCUT2D eigenvalue weighted by Gasteiger charge is -2.18. The first kappa shape index (κ1) is 18.5. The SMILES string of the molecule is C[C@@H]1C=CC[C@H](NC(=O)O)c2cc(ccn2)-c2c(cnn2C(F)F)NC1=O. The fourth-order valence-electron chi connectivity index (χ4n) is 2.83. The average molecular weight is 377 g/mol. The molecule has 0 aromatic carbocycles. The number of halogens is 2. The van der Waals surface area contributed by atoms with Gasteiger partial charge in [0.15, 0.2) is 0 Å². The molecule has 0 fully saturated rings. The van der Waals surface area contributed by atoms with Crippen LogP contribution in [0.25, 0.3) is 11.3 Å². The van der Waals surface area contributed by atoms with Gasteiger partial charge in [0, 0.05) is 11.8 Å². The zero-order chi connectivity index (χ0) is 19.6. The topological polar surface area (TPSA) is 109 Å². The Kier molecular flexibility index (Phi) is 5.15. The minimum atomic E-state index is -2.92. The van der Waals surface area contributed by atoms with E-state index in [-0.39, 0.29) is 23.7 Å². The number of nitrogens with zero attached hydrogens (tertiary/aromatic N) is 3. The van der Waals surface area contributed by atoms with Gasteiger partial charge in [0.2, 0.25) is 5.91 Å². The van der Waals surface area contributed by atoms with Crippen molar-refractivity contribution in [2.24, 2.45) is 5.92 Å². The summed E-state index contributed by atoms with van der Waals surface area (Å²) in [6.45, 7) is -1.27. The van der Waals surface area contributed by atoms with Crippen LogP contribution in [0.3, 0.4) is 0 Å². The molecule has 0 radical (unpaired) electrons. The van der Waals surface area contributed by atoms with Gasteiger partial charge in [0.25, 0.3) is 0 Å². The summed E-state index contributed by atoms with van der Waals surface area (Å²) in [6.07, 6.45) is 4.87. The van der Waals surface area contributed by atoms with Crippen LogP contribution in [-0.2, 0) is 4.79 Å². The largest absolute Gasteiger partial charge is 0.465 e. The Bertz CT molecular complexity index is 896. The highest BCUT2D eigenvalue weighted by Crippen LogP contribution is 2.33. The second kappa shape index (κ2) is 7.52. The number of anilines is 1. The molecule has 0 spiro atoms. The van der Waals surface area contributed by atoms with Gasteiger partial charge in [-0.2, -0.15) is 13.9 Å². The summed E-state index contributed by atoms with van der Waals surface area (Å²) >= 11 is 0. The van der Waals surface area contributed by atoms with E-state index in [0.717, 1.165) is 6.20 Å². The fraction of sp³-hybridized carbons (Fsp3) is 0.294. The molecule has 2 aromatic rings. The van der Waals surface area contributed by atoms with E-state index in [1.165, 1.54) is 18.3 Å². The van der Waals surface area contributed by atoms with E-state index in [2.05, 4.69) is 20.7 Å². The molecule has 2 bridgehead atoms. The first-order valence-electron chi connectivity index (χ1n) is 8.15. The molecule has 0 aliphatic carbocycles. The number of carbonyl (C=O) groups is 2. The van der Waals surface area contributed by atoms with Crippen LogP contribution in [0.1, 0.15) is 31.6 Å². The van der Waals surface area contributed by atoms with Crippen LogP contribution in [0.15, 0.2) is 36.7 Å². The third-order valence-corrected chi connectivity index (χ3v) is 4.16. The highest BCUT2D eigenvalue weighted by molar-refractivity contribution is 5.96. The highest BCUT2D eigenvalue weighted by atomic mass is 19.3. The predicted molar refractivity (Wildman–Crippen MR) is 92.2 cm³/mol. The Balaban J connectivity index is 2.17. The van der Waals surface area contributed by atoms with E-state index >= 15 is 0 Å². The molecule has 8 nitrogen and oxygen atoms in total.